The van der Waals surface area contributed by atoms with Gasteiger partial charge in [-0.15, -0.1) is 5.10 Å². The monoisotopic (exact) mass is 495 g/mol. The number of benzene rings is 2. The number of H-pyrrole nitrogens is 1. The van der Waals surface area contributed by atoms with Crippen molar-refractivity contribution in [1.29, 1.82) is 0 Å². The van der Waals surface area contributed by atoms with Gasteiger partial charge in [0.15, 0.2) is 23.0 Å². The molecule has 0 aliphatic carbocycles. The van der Waals surface area contributed by atoms with Crippen molar-refractivity contribution in [2.75, 3.05) is 28.1 Å². The second kappa shape index (κ2) is 11.3. The molecule has 1 N–H and O–H groups in total. The third-order valence-corrected chi connectivity index (χ3v) is 4.84. The van der Waals surface area contributed by atoms with Gasteiger partial charge in [0.05, 0.1) is 27.0 Å². The van der Waals surface area contributed by atoms with Gasteiger partial charge in [-0.2, -0.15) is 0 Å². The Labute approximate surface area is 232 Å². The van der Waals surface area contributed by atoms with Crippen LogP contribution < -0.4 is 97.1 Å². The molecule has 0 amide bonds. The molecule has 3 aromatic rings. The third kappa shape index (κ3) is 5.79. The number of hydrogen-bond acceptors (Lipinski definition) is 11. The minimum absolute atomic E-state index is 0. The molecular formula is C18H16N3Na2O9P. The van der Waals surface area contributed by atoms with Gasteiger partial charge in [0.2, 0.25) is 18.3 Å². The standard InChI is InChI=1S/C18H18N3O9P.2Na/c1-25-11-4-10(7-14(17(11)27-3)30-31(22,23)24)16-15(19-21-20-16)9-5-12(26-2)18-13(6-9)28-8-29-18;;/h4-7H,8H2,1-3H3,(H,19,20,21)(H2,22,23,24);;/q;2*+1/p-2. The van der Waals surface area contributed by atoms with Crippen LogP contribution in [0.5, 0.6) is 34.5 Å². The summed E-state index contributed by atoms with van der Waals surface area (Å²) in [4.78, 5) is 22.4. The van der Waals surface area contributed by atoms with Crippen LogP contribution in [0.2, 0.25) is 0 Å². The molecular weight excluding hydrogens is 479 g/mol. The van der Waals surface area contributed by atoms with Crippen molar-refractivity contribution < 1.29 is 102 Å². The summed E-state index contributed by atoms with van der Waals surface area (Å²) in [6, 6.07) is 6.24. The molecule has 164 valence electrons. The smallest absolute Gasteiger partial charge is 0.780 e. The van der Waals surface area contributed by atoms with Gasteiger partial charge in [0.1, 0.15) is 13.5 Å². The average Bonchev–Trinajstić information content (AvgIpc) is 3.40. The number of aromatic nitrogens is 3. The van der Waals surface area contributed by atoms with E-state index in [1.165, 1.54) is 27.4 Å². The van der Waals surface area contributed by atoms with Crippen molar-refractivity contribution in [3.05, 3.63) is 24.3 Å². The first-order valence-corrected chi connectivity index (χ1v) is 10.2. The van der Waals surface area contributed by atoms with E-state index >= 15 is 0 Å². The van der Waals surface area contributed by atoms with Crippen LogP contribution in [0.25, 0.3) is 22.5 Å². The van der Waals surface area contributed by atoms with Crippen LogP contribution in [0.1, 0.15) is 0 Å². The van der Waals surface area contributed by atoms with E-state index in [2.05, 4.69) is 19.9 Å². The Kier molecular flexibility index (Phi) is 9.51. The Bertz CT molecular complexity index is 1190. The SMILES string of the molecule is COc1cc(-c2[nH]nnc2-c2cc(OC)c3c(c2)OCO3)cc(OP(=O)([O-])[O-])c1OC.[Na+].[Na+]. The molecule has 33 heavy (non-hydrogen) atoms. The molecule has 4 rings (SSSR count). The molecule has 1 aliphatic rings. The summed E-state index contributed by atoms with van der Waals surface area (Å²) in [5.74, 6) is 1.12. The van der Waals surface area contributed by atoms with E-state index < -0.39 is 7.82 Å². The molecule has 0 fully saturated rings. The predicted octanol–water partition coefficient (Wildman–Crippen LogP) is -4.89. The molecule has 0 atom stereocenters. The van der Waals surface area contributed by atoms with Crippen molar-refractivity contribution in [2.45, 2.75) is 0 Å². The molecule has 0 radical (unpaired) electrons. The molecule has 0 bridgehead atoms. The molecule has 2 aromatic carbocycles. The second-order valence-electron chi connectivity index (χ2n) is 6.20. The summed E-state index contributed by atoms with van der Waals surface area (Å²) in [6.45, 7) is 0.0572. The number of nitrogens with zero attached hydrogens (tertiary/aromatic N) is 2. The van der Waals surface area contributed by atoms with E-state index in [1.54, 1.807) is 18.2 Å². The predicted molar refractivity (Wildman–Crippen MR) is 101 cm³/mol. The number of methoxy groups -OCH3 is 3. The van der Waals surface area contributed by atoms with Crippen molar-refractivity contribution in [3.63, 3.8) is 0 Å². The summed E-state index contributed by atoms with van der Waals surface area (Å²) in [5, 5.41) is 10.7. The Morgan fingerprint density at radius 1 is 0.939 bits per heavy atom. The molecule has 0 saturated heterocycles. The van der Waals surface area contributed by atoms with Gasteiger partial charge in [-0.1, -0.05) is 5.21 Å². The molecule has 0 spiro atoms. The largest absolute Gasteiger partial charge is 1.00 e. The Morgan fingerprint density at radius 2 is 1.61 bits per heavy atom. The molecule has 0 unspecified atom stereocenters. The number of aromatic amines is 1. The van der Waals surface area contributed by atoms with Crippen LogP contribution in [0.15, 0.2) is 24.3 Å². The maximum Gasteiger partial charge on any atom is 1.00 e. The quantitative estimate of drug-likeness (QED) is 0.247. The number of hydrogen-bond donors (Lipinski definition) is 1. The van der Waals surface area contributed by atoms with Crippen LogP contribution in [-0.2, 0) is 4.57 Å². The van der Waals surface area contributed by atoms with Gasteiger partial charge in [-0.05, 0) is 24.3 Å². The van der Waals surface area contributed by atoms with Gasteiger partial charge in [0.25, 0.3) is 0 Å². The maximum absolute atomic E-state index is 11.2. The fourth-order valence-corrected chi connectivity index (χ4v) is 3.54. The zero-order valence-corrected chi connectivity index (χ0v) is 23.4. The molecule has 0 saturated carbocycles. The summed E-state index contributed by atoms with van der Waals surface area (Å²) >= 11 is 0. The maximum atomic E-state index is 11.2. The number of ether oxygens (including phenoxy) is 5. The van der Waals surface area contributed by atoms with Crippen LogP contribution in [0, 0.1) is 0 Å². The van der Waals surface area contributed by atoms with Gasteiger partial charge >= 0.3 is 59.1 Å². The van der Waals surface area contributed by atoms with Crippen molar-refractivity contribution in [3.8, 4) is 57.0 Å². The Morgan fingerprint density at radius 3 is 2.24 bits per heavy atom. The van der Waals surface area contributed by atoms with Crippen molar-refractivity contribution >= 4 is 7.82 Å². The van der Waals surface area contributed by atoms with Gasteiger partial charge in [-0.25, -0.2) is 0 Å². The summed E-state index contributed by atoms with van der Waals surface area (Å²) in [6.07, 6.45) is 0. The number of nitrogens with one attached hydrogen (secondary N) is 1. The van der Waals surface area contributed by atoms with Crippen LogP contribution in [-0.4, -0.2) is 43.5 Å². The number of phosphoric acid groups is 1. The second-order valence-corrected chi connectivity index (χ2v) is 7.27. The number of rotatable bonds is 7. The van der Waals surface area contributed by atoms with Crippen LogP contribution >= 0.6 is 7.82 Å². The first kappa shape index (κ1) is 27.8. The normalized spacial score (nSPS) is 11.8. The van der Waals surface area contributed by atoms with Gasteiger partial charge in [0, 0.05) is 11.1 Å². The van der Waals surface area contributed by atoms with Crippen molar-refractivity contribution in [2.24, 2.45) is 0 Å². The molecule has 1 aromatic heterocycles. The fraction of sp³-hybridized carbons (Fsp3) is 0.222. The van der Waals surface area contributed by atoms with Crippen LogP contribution in [0.4, 0.5) is 0 Å². The Hall–Kier alpha value is -1.47. The zero-order valence-electron chi connectivity index (χ0n) is 18.5. The molecule has 12 nitrogen and oxygen atoms in total. The van der Waals surface area contributed by atoms with E-state index in [4.69, 9.17) is 23.7 Å². The zero-order chi connectivity index (χ0) is 22.2. The topological polar surface area (TPSA) is 160 Å². The van der Waals surface area contributed by atoms with Crippen molar-refractivity contribution in [1.82, 2.24) is 15.4 Å². The third-order valence-electron chi connectivity index (χ3n) is 4.42. The minimum Gasteiger partial charge on any atom is -0.780 e. The van der Waals surface area contributed by atoms with E-state index in [-0.39, 0.29) is 83.2 Å². The first-order valence-electron chi connectivity index (χ1n) is 8.71. The Balaban J connectivity index is 0.00000193. The summed E-state index contributed by atoms with van der Waals surface area (Å²) in [7, 11) is -1.24. The fourth-order valence-electron chi connectivity index (χ4n) is 3.16. The van der Waals surface area contributed by atoms with E-state index in [0.717, 1.165) is 0 Å². The van der Waals surface area contributed by atoms with Gasteiger partial charge in [-0.3, -0.25) is 5.10 Å². The first-order chi connectivity index (χ1) is 14.8. The summed E-state index contributed by atoms with van der Waals surface area (Å²) in [5.41, 5.74) is 1.73. The van der Waals surface area contributed by atoms with Crippen LogP contribution in [0.3, 0.4) is 0 Å². The number of fused-ring (bicyclic) bond motifs is 1. The number of phosphoric ester groups is 1. The molecule has 15 heteroatoms. The van der Waals surface area contributed by atoms with E-state index in [0.29, 0.717) is 39.8 Å². The summed E-state index contributed by atoms with van der Waals surface area (Å²) < 4.78 is 42.4. The average molecular weight is 495 g/mol. The van der Waals surface area contributed by atoms with E-state index in [9.17, 15) is 14.4 Å². The molecule has 1 aliphatic heterocycles. The van der Waals surface area contributed by atoms with Gasteiger partial charge < -0.3 is 42.6 Å². The minimum atomic E-state index is -5.37. The van der Waals surface area contributed by atoms with E-state index in [1.807, 2.05) is 0 Å². The molecule has 2 heterocycles.